The van der Waals surface area contributed by atoms with E-state index in [-0.39, 0.29) is 18.0 Å². The lowest BCUT2D eigenvalue weighted by Crippen LogP contribution is -2.57. The molecule has 1 heterocycles. The maximum absolute atomic E-state index is 12.5. The molecule has 0 bridgehead atoms. The minimum Gasteiger partial charge on any atom is -0.334 e. The van der Waals surface area contributed by atoms with Crippen LogP contribution in [0.5, 0.6) is 0 Å². The van der Waals surface area contributed by atoms with Gasteiger partial charge in [0.1, 0.15) is 0 Å². The number of alkyl halides is 7. The summed E-state index contributed by atoms with van der Waals surface area (Å²) in [7, 11) is 0. The second-order valence-electron chi connectivity index (χ2n) is 2.94. The molecule has 0 radical (unpaired) electrons. The van der Waals surface area contributed by atoms with Gasteiger partial charge in [0, 0.05) is 13.1 Å². The van der Waals surface area contributed by atoms with Crippen molar-refractivity contribution in [1.82, 2.24) is 4.90 Å². The fraction of sp³-hybridized carbons (Fsp3) is 0.833. The van der Waals surface area contributed by atoms with Gasteiger partial charge in [0.05, 0.1) is 0 Å². The molecule has 2 nitrogen and oxygen atoms in total. The number of nitrogens with zero attached hydrogens (tertiary/aromatic N) is 1. The number of halogens is 7. The highest BCUT2D eigenvalue weighted by Crippen LogP contribution is 2.47. The molecule has 1 aliphatic heterocycles. The van der Waals surface area contributed by atoms with Crippen LogP contribution >= 0.6 is 0 Å². The van der Waals surface area contributed by atoms with Crippen molar-refractivity contribution in [3.8, 4) is 0 Å². The second-order valence-corrected chi connectivity index (χ2v) is 2.94. The number of carbonyl (C=O) groups excluding carboxylic acids is 1. The Morgan fingerprint density at radius 2 is 1.33 bits per heavy atom. The van der Waals surface area contributed by atoms with Gasteiger partial charge in [-0.15, -0.1) is 0 Å². The lowest BCUT2D eigenvalue weighted by Gasteiger charge is -2.26. The van der Waals surface area contributed by atoms with Crippen molar-refractivity contribution in [1.29, 1.82) is 0 Å². The average molecular weight is 239 g/mol. The Balaban J connectivity index is 2.97. The monoisotopic (exact) mass is 239 g/mol. The molecule has 0 aromatic rings. The topological polar surface area (TPSA) is 20.1 Å². The van der Waals surface area contributed by atoms with Gasteiger partial charge in [-0.05, 0) is 0 Å². The zero-order valence-corrected chi connectivity index (χ0v) is 6.92. The van der Waals surface area contributed by atoms with Gasteiger partial charge in [0.25, 0.3) is 5.91 Å². The second kappa shape index (κ2) is 2.99. The van der Waals surface area contributed by atoms with Crippen LogP contribution in [0, 0.1) is 0 Å². The first-order chi connectivity index (χ1) is 6.52. The van der Waals surface area contributed by atoms with Gasteiger partial charge in [0.15, 0.2) is 0 Å². The lowest BCUT2D eigenvalue weighted by molar-refractivity contribution is -0.345. The molecule has 1 saturated heterocycles. The fourth-order valence-corrected chi connectivity index (χ4v) is 0.764. The van der Waals surface area contributed by atoms with Crippen LogP contribution in [0.2, 0.25) is 0 Å². The largest absolute Gasteiger partial charge is 0.460 e. The van der Waals surface area contributed by atoms with E-state index in [0.29, 0.717) is 0 Å². The van der Waals surface area contributed by atoms with E-state index in [4.69, 9.17) is 0 Å². The van der Waals surface area contributed by atoms with Crippen LogP contribution < -0.4 is 0 Å². The van der Waals surface area contributed by atoms with Crippen molar-refractivity contribution in [2.24, 2.45) is 0 Å². The molecule has 1 aliphatic rings. The van der Waals surface area contributed by atoms with Gasteiger partial charge in [0.2, 0.25) is 0 Å². The maximum atomic E-state index is 12.5. The molecule has 1 rings (SSSR count). The van der Waals surface area contributed by atoms with Gasteiger partial charge in [-0.25, -0.2) is 0 Å². The van der Waals surface area contributed by atoms with E-state index >= 15 is 0 Å². The summed E-state index contributed by atoms with van der Waals surface area (Å²) in [4.78, 5) is 10.7. The summed E-state index contributed by atoms with van der Waals surface area (Å²) in [6.45, 7) is -0.468. The molecule has 1 amide bonds. The summed E-state index contributed by atoms with van der Waals surface area (Å²) in [6.07, 6.45) is -6.46. The first-order valence-electron chi connectivity index (χ1n) is 3.63. The number of rotatable bonds is 2. The van der Waals surface area contributed by atoms with Crippen molar-refractivity contribution >= 4 is 5.91 Å². The minimum absolute atomic E-state index is 0.208. The normalized spacial score (nSPS) is 17.9. The summed E-state index contributed by atoms with van der Waals surface area (Å²) in [5, 5.41) is 0. The summed E-state index contributed by atoms with van der Waals surface area (Å²) >= 11 is 0. The van der Waals surface area contributed by atoms with Crippen molar-refractivity contribution in [2.75, 3.05) is 13.1 Å². The van der Waals surface area contributed by atoms with Crippen molar-refractivity contribution in [3.05, 3.63) is 0 Å². The summed E-state index contributed by atoms with van der Waals surface area (Å²) in [5.41, 5.74) is 0. The quantitative estimate of drug-likeness (QED) is 0.530. The molecule has 0 aromatic carbocycles. The average Bonchev–Trinajstić information content (AvgIpc) is 2.82. The molecule has 0 spiro atoms. The molecule has 15 heavy (non-hydrogen) atoms. The first kappa shape index (κ1) is 12.1. The standard InChI is InChI=1S/C6H4F7NO/c7-4(8,3(15)14-1-2-14)5(9,10)6(11,12)13/h1-2H2. The highest BCUT2D eigenvalue weighted by Gasteiger charge is 2.77. The van der Waals surface area contributed by atoms with Crippen LogP contribution in [0.3, 0.4) is 0 Å². The minimum atomic E-state index is -6.46. The Morgan fingerprint density at radius 1 is 0.933 bits per heavy atom. The summed E-state index contributed by atoms with van der Waals surface area (Å²) in [5.74, 6) is -14.6. The number of hydrogen-bond donors (Lipinski definition) is 0. The smallest absolute Gasteiger partial charge is 0.334 e. The first-order valence-corrected chi connectivity index (χ1v) is 3.63. The van der Waals surface area contributed by atoms with E-state index in [1.54, 1.807) is 0 Å². The molecule has 0 N–H and O–H groups in total. The predicted octanol–water partition coefficient (Wildman–Crippen LogP) is 1.66. The fourth-order valence-electron chi connectivity index (χ4n) is 0.764. The van der Waals surface area contributed by atoms with E-state index in [0.717, 1.165) is 0 Å². The molecule has 1 fully saturated rings. The Morgan fingerprint density at radius 3 is 1.60 bits per heavy atom. The van der Waals surface area contributed by atoms with E-state index in [9.17, 15) is 35.5 Å². The van der Waals surface area contributed by atoms with Crippen molar-refractivity contribution in [3.63, 3.8) is 0 Å². The zero-order chi connectivity index (χ0) is 12.1. The molecule has 9 heteroatoms. The van der Waals surface area contributed by atoms with Gasteiger partial charge in [-0.3, -0.25) is 4.79 Å². The molecule has 0 atom stereocenters. The lowest BCUT2D eigenvalue weighted by atomic mass is 10.1. The van der Waals surface area contributed by atoms with Crippen LogP contribution in [0.15, 0.2) is 0 Å². The van der Waals surface area contributed by atoms with E-state index in [1.807, 2.05) is 0 Å². The Hall–Kier alpha value is -1.02. The number of carbonyl (C=O) groups is 1. The highest BCUT2D eigenvalue weighted by atomic mass is 19.4. The molecule has 0 saturated carbocycles. The zero-order valence-electron chi connectivity index (χ0n) is 6.92. The summed E-state index contributed by atoms with van der Waals surface area (Å²) in [6, 6.07) is 0. The Bertz CT molecular complexity index is 280. The molecule has 88 valence electrons. The third-order valence-corrected chi connectivity index (χ3v) is 1.75. The molecule has 0 aliphatic carbocycles. The third kappa shape index (κ3) is 1.74. The van der Waals surface area contributed by atoms with E-state index < -0.39 is 23.9 Å². The number of amides is 1. The van der Waals surface area contributed by atoms with E-state index in [1.165, 1.54) is 0 Å². The third-order valence-electron chi connectivity index (χ3n) is 1.75. The van der Waals surface area contributed by atoms with Gasteiger partial charge in [-0.1, -0.05) is 0 Å². The number of hydrogen-bond acceptors (Lipinski definition) is 1. The Labute approximate surface area is 78.6 Å². The molecular formula is C6H4F7NO. The molecule has 0 aromatic heterocycles. The van der Waals surface area contributed by atoms with Crippen molar-refractivity contribution in [2.45, 2.75) is 18.0 Å². The van der Waals surface area contributed by atoms with Crippen LogP contribution in [0.1, 0.15) is 0 Å². The maximum Gasteiger partial charge on any atom is 0.460 e. The van der Waals surface area contributed by atoms with Gasteiger partial charge >= 0.3 is 18.0 Å². The van der Waals surface area contributed by atoms with E-state index in [2.05, 4.69) is 0 Å². The Kier molecular flexibility index (Phi) is 2.40. The van der Waals surface area contributed by atoms with Crippen molar-refractivity contribution < 1.29 is 35.5 Å². The molecular weight excluding hydrogens is 235 g/mol. The SMILES string of the molecule is O=C(N1CC1)C(F)(F)C(F)(F)C(F)(F)F. The predicted molar refractivity (Wildman–Crippen MR) is 32.5 cm³/mol. The van der Waals surface area contributed by atoms with Crippen LogP contribution in [-0.4, -0.2) is 41.9 Å². The highest BCUT2D eigenvalue weighted by molar-refractivity contribution is 5.86. The van der Waals surface area contributed by atoms with Crippen LogP contribution in [-0.2, 0) is 4.79 Å². The molecule has 0 unspecified atom stereocenters. The van der Waals surface area contributed by atoms with Gasteiger partial charge < -0.3 is 4.90 Å². The van der Waals surface area contributed by atoms with Gasteiger partial charge in [-0.2, -0.15) is 30.7 Å². The summed E-state index contributed by atoms with van der Waals surface area (Å²) < 4.78 is 84.2. The van der Waals surface area contributed by atoms with Crippen LogP contribution in [0.4, 0.5) is 30.7 Å². The van der Waals surface area contributed by atoms with Crippen LogP contribution in [0.25, 0.3) is 0 Å².